The largest absolute Gasteiger partial charge is 0.478 e. The molecule has 0 bridgehead atoms. The summed E-state index contributed by atoms with van der Waals surface area (Å²) in [6.07, 6.45) is 0.363. The molecule has 0 radical (unpaired) electrons. The summed E-state index contributed by atoms with van der Waals surface area (Å²) < 4.78 is 57.1. The number of carboxylic acids is 1. The summed E-state index contributed by atoms with van der Waals surface area (Å²) in [7, 11) is 0. The van der Waals surface area contributed by atoms with Crippen LogP contribution in [0.25, 0.3) is 22.6 Å². The molecule has 3 aromatic carbocycles. The average Bonchev–Trinajstić information content (AvgIpc) is 3.49. The molecule has 0 fully saturated rings. The second-order valence-electron chi connectivity index (χ2n) is 9.00. The van der Waals surface area contributed by atoms with Crippen molar-refractivity contribution >= 4 is 17.1 Å². The summed E-state index contributed by atoms with van der Waals surface area (Å²) in [5.41, 5.74) is 3.41. The summed E-state index contributed by atoms with van der Waals surface area (Å²) in [4.78, 5) is 20.8. The molecule has 5 aromatic rings. The van der Waals surface area contributed by atoms with Crippen LogP contribution in [0.1, 0.15) is 29.3 Å². The number of rotatable bonds is 10. The van der Waals surface area contributed by atoms with Gasteiger partial charge in [0, 0.05) is 30.5 Å². The van der Waals surface area contributed by atoms with E-state index < -0.39 is 35.3 Å². The maximum atomic E-state index is 13.5. The lowest BCUT2D eigenvalue weighted by Gasteiger charge is -2.15. The molecule has 0 saturated carbocycles. The molecule has 1 atom stereocenters. The molecule has 7 nitrogen and oxygen atoms in total. The summed E-state index contributed by atoms with van der Waals surface area (Å²) in [5.74, 6) is -4.51. The number of hydrogen-bond acceptors (Lipinski definition) is 6. The first kappa shape index (κ1) is 26.0. The van der Waals surface area contributed by atoms with E-state index in [1.165, 1.54) is 0 Å². The molecule has 0 saturated heterocycles. The minimum absolute atomic E-state index is 0.122. The first-order chi connectivity index (χ1) is 18.8. The van der Waals surface area contributed by atoms with Gasteiger partial charge in [0.05, 0.1) is 5.69 Å². The van der Waals surface area contributed by atoms with Gasteiger partial charge in [-0.1, -0.05) is 24.3 Å². The van der Waals surface area contributed by atoms with E-state index >= 15 is 0 Å². The third kappa shape index (κ3) is 5.95. The van der Waals surface area contributed by atoms with Crippen LogP contribution in [0.5, 0.6) is 5.75 Å². The Morgan fingerprint density at radius 2 is 1.72 bits per heavy atom. The Morgan fingerprint density at radius 3 is 2.44 bits per heavy atom. The van der Waals surface area contributed by atoms with Crippen molar-refractivity contribution in [1.82, 2.24) is 9.97 Å². The highest BCUT2D eigenvalue weighted by atomic mass is 19.2. The second-order valence-corrected chi connectivity index (χ2v) is 9.00. The maximum Gasteiger partial charge on any atom is 0.345 e. The van der Waals surface area contributed by atoms with E-state index in [2.05, 4.69) is 9.97 Å². The van der Waals surface area contributed by atoms with Gasteiger partial charge >= 0.3 is 5.97 Å². The standard InChI is InChI=1S/C29H23F3N2O5/c1-16-22(34-28(37-16)18-6-3-2-4-7-18)8-5-9-26-33-23-12-17(10-11-24(23)39-26)13-25(29(35)36)38-19-14-20(30)27(32)21(31)15-19/h2-4,6-7,10-12,14-15,25H,5,8-9,13H2,1H3,(H,35,36)/t25-/m0/s1. The molecule has 2 aromatic heterocycles. The van der Waals surface area contributed by atoms with E-state index in [1.807, 2.05) is 37.3 Å². The second kappa shape index (κ2) is 11.0. The molecule has 1 N–H and O–H groups in total. The van der Waals surface area contributed by atoms with E-state index in [4.69, 9.17) is 13.6 Å². The van der Waals surface area contributed by atoms with Crippen LogP contribution < -0.4 is 4.74 Å². The summed E-state index contributed by atoms with van der Waals surface area (Å²) in [5, 5.41) is 9.55. The minimum atomic E-state index is -1.66. The number of carboxylic acid groups (broad SMARTS) is 1. The van der Waals surface area contributed by atoms with Gasteiger partial charge in [0.2, 0.25) is 5.89 Å². The van der Waals surface area contributed by atoms with Crippen LogP contribution in [0.4, 0.5) is 13.2 Å². The number of nitrogens with zero attached hydrogens (tertiary/aromatic N) is 2. The molecule has 39 heavy (non-hydrogen) atoms. The maximum absolute atomic E-state index is 13.5. The molecular weight excluding hydrogens is 513 g/mol. The lowest BCUT2D eigenvalue weighted by molar-refractivity contribution is -0.145. The lowest BCUT2D eigenvalue weighted by atomic mass is 10.1. The van der Waals surface area contributed by atoms with Crippen molar-refractivity contribution < 1.29 is 36.6 Å². The van der Waals surface area contributed by atoms with Crippen molar-refractivity contribution in [3.05, 3.63) is 101 Å². The number of aliphatic carboxylic acids is 1. The number of halogens is 3. The normalized spacial score (nSPS) is 12.1. The highest BCUT2D eigenvalue weighted by Crippen LogP contribution is 2.25. The van der Waals surface area contributed by atoms with Gasteiger partial charge in [0.1, 0.15) is 17.0 Å². The predicted molar refractivity (Wildman–Crippen MR) is 135 cm³/mol. The van der Waals surface area contributed by atoms with E-state index in [0.717, 1.165) is 23.4 Å². The highest BCUT2D eigenvalue weighted by molar-refractivity contribution is 5.75. The number of aryl methyl sites for hydroxylation is 3. The van der Waals surface area contributed by atoms with E-state index in [-0.39, 0.29) is 6.42 Å². The highest BCUT2D eigenvalue weighted by Gasteiger charge is 2.23. The minimum Gasteiger partial charge on any atom is -0.478 e. The van der Waals surface area contributed by atoms with Crippen LogP contribution in [0.3, 0.4) is 0 Å². The Balaban J connectivity index is 1.23. The number of oxazole rings is 2. The summed E-state index contributed by atoms with van der Waals surface area (Å²) in [6.45, 7) is 1.88. The molecule has 0 aliphatic carbocycles. The van der Waals surface area contributed by atoms with Gasteiger partial charge in [-0.2, -0.15) is 0 Å². The third-order valence-corrected chi connectivity index (χ3v) is 6.15. The average molecular weight is 537 g/mol. The SMILES string of the molecule is Cc1oc(-c2ccccc2)nc1CCCc1nc2cc(C[C@H](Oc3cc(F)c(F)c(F)c3)C(=O)O)ccc2o1. The zero-order valence-electron chi connectivity index (χ0n) is 20.8. The van der Waals surface area contributed by atoms with Gasteiger partial charge < -0.3 is 18.7 Å². The zero-order valence-corrected chi connectivity index (χ0v) is 20.8. The van der Waals surface area contributed by atoms with E-state index in [1.54, 1.807) is 18.2 Å². The Kier molecular flexibility index (Phi) is 7.36. The molecule has 0 amide bonds. The summed E-state index contributed by atoms with van der Waals surface area (Å²) >= 11 is 0. The molecule has 0 aliphatic heterocycles. The lowest BCUT2D eigenvalue weighted by Crippen LogP contribution is -2.29. The van der Waals surface area contributed by atoms with E-state index in [0.29, 0.717) is 53.4 Å². The fraction of sp³-hybridized carbons (Fsp3) is 0.207. The number of ether oxygens (including phenoxy) is 1. The Bertz CT molecular complexity index is 1610. The number of fused-ring (bicyclic) bond motifs is 1. The first-order valence-electron chi connectivity index (χ1n) is 12.2. The van der Waals surface area contributed by atoms with Gasteiger partial charge in [-0.25, -0.2) is 27.9 Å². The Morgan fingerprint density at radius 1 is 0.974 bits per heavy atom. The van der Waals surface area contributed by atoms with Gasteiger partial charge in [0.15, 0.2) is 35.0 Å². The number of benzene rings is 3. The molecule has 0 unspecified atom stereocenters. The van der Waals surface area contributed by atoms with Gasteiger partial charge in [-0.3, -0.25) is 0 Å². The monoisotopic (exact) mass is 536 g/mol. The molecule has 0 spiro atoms. The summed E-state index contributed by atoms with van der Waals surface area (Å²) in [6, 6.07) is 15.9. The van der Waals surface area contributed by atoms with Gasteiger partial charge in [-0.15, -0.1) is 0 Å². The van der Waals surface area contributed by atoms with Crippen LogP contribution in [0, 0.1) is 24.4 Å². The Labute approximate surface area is 220 Å². The quantitative estimate of drug-likeness (QED) is 0.205. The molecular formula is C29H23F3N2O5. The van der Waals surface area contributed by atoms with E-state index in [9.17, 15) is 23.1 Å². The molecule has 5 rings (SSSR count). The van der Waals surface area contributed by atoms with Crippen molar-refractivity contribution in [2.24, 2.45) is 0 Å². The predicted octanol–water partition coefficient (Wildman–Crippen LogP) is 6.46. The van der Waals surface area contributed by atoms with Crippen LogP contribution in [-0.2, 0) is 24.1 Å². The molecule has 2 heterocycles. The third-order valence-electron chi connectivity index (χ3n) is 6.15. The molecule has 0 aliphatic rings. The molecule has 200 valence electrons. The molecule has 10 heteroatoms. The van der Waals surface area contributed by atoms with Crippen LogP contribution in [0.15, 0.2) is 69.5 Å². The number of carbonyl (C=O) groups is 1. The van der Waals surface area contributed by atoms with Crippen molar-refractivity contribution in [2.75, 3.05) is 0 Å². The van der Waals surface area contributed by atoms with Crippen LogP contribution in [0.2, 0.25) is 0 Å². The topological polar surface area (TPSA) is 98.6 Å². The number of aromatic nitrogens is 2. The van der Waals surface area contributed by atoms with Crippen molar-refractivity contribution in [3.63, 3.8) is 0 Å². The Hall–Kier alpha value is -4.60. The smallest absolute Gasteiger partial charge is 0.345 e. The number of hydrogen-bond donors (Lipinski definition) is 1. The van der Waals surface area contributed by atoms with Gasteiger partial charge in [-0.05, 0) is 49.6 Å². The fourth-order valence-corrected chi connectivity index (χ4v) is 4.18. The van der Waals surface area contributed by atoms with Crippen molar-refractivity contribution in [1.29, 1.82) is 0 Å². The van der Waals surface area contributed by atoms with Crippen molar-refractivity contribution in [3.8, 4) is 17.2 Å². The fourth-order valence-electron chi connectivity index (χ4n) is 4.18. The zero-order chi connectivity index (χ0) is 27.5. The van der Waals surface area contributed by atoms with Crippen LogP contribution in [-0.4, -0.2) is 27.1 Å². The van der Waals surface area contributed by atoms with Crippen molar-refractivity contribution in [2.45, 2.75) is 38.7 Å². The van der Waals surface area contributed by atoms with Gasteiger partial charge in [0.25, 0.3) is 0 Å². The van der Waals surface area contributed by atoms with Crippen LogP contribution >= 0.6 is 0 Å². The first-order valence-corrected chi connectivity index (χ1v) is 12.2.